The summed E-state index contributed by atoms with van der Waals surface area (Å²) in [6.07, 6.45) is 4.43. The number of fused-ring (bicyclic) bond motifs is 2. The van der Waals surface area contributed by atoms with Crippen LogP contribution in [0.15, 0.2) is 36.4 Å². The van der Waals surface area contributed by atoms with Gasteiger partial charge in [0.1, 0.15) is 12.2 Å². The van der Waals surface area contributed by atoms with Crippen molar-refractivity contribution >= 4 is 12.0 Å². The quantitative estimate of drug-likeness (QED) is 0.474. The van der Waals surface area contributed by atoms with Gasteiger partial charge in [-0.2, -0.15) is 0 Å². The van der Waals surface area contributed by atoms with Crippen molar-refractivity contribution in [2.24, 2.45) is 11.8 Å². The molecule has 1 aromatic carbocycles. The highest BCUT2D eigenvalue weighted by Crippen LogP contribution is 2.52. The van der Waals surface area contributed by atoms with Gasteiger partial charge in [0.15, 0.2) is 0 Å². The minimum Gasteiger partial charge on any atom is -0.459 e. The van der Waals surface area contributed by atoms with E-state index < -0.39 is 18.2 Å². The summed E-state index contributed by atoms with van der Waals surface area (Å²) >= 11 is 0. The van der Waals surface area contributed by atoms with Crippen LogP contribution in [0.2, 0.25) is 0 Å². The van der Waals surface area contributed by atoms with Crippen molar-refractivity contribution in [3.8, 4) is 0 Å². The first-order valence-corrected chi connectivity index (χ1v) is 10.7. The monoisotopic (exact) mass is 400 g/mol. The van der Waals surface area contributed by atoms with E-state index in [0.717, 1.165) is 18.4 Å². The predicted octanol–water partition coefficient (Wildman–Crippen LogP) is 3.74. The molecule has 1 saturated carbocycles. The summed E-state index contributed by atoms with van der Waals surface area (Å²) in [5, 5.41) is 11.1. The van der Waals surface area contributed by atoms with Gasteiger partial charge in [-0.15, -0.1) is 0 Å². The van der Waals surface area contributed by atoms with Gasteiger partial charge < -0.3 is 19.3 Å². The Kier molecular flexibility index (Phi) is 5.34. The van der Waals surface area contributed by atoms with Crippen LogP contribution in [0, 0.1) is 11.8 Å². The highest BCUT2D eigenvalue weighted by atomic mass is 16.6. The summed E-state index contributed by atoms with van der Waals surface area (Å²) in [5.41, 5.74) is 0.327. The Hall–Kier alpha value is -1.69. The molecule has 0 bridgehead atoms. The number of carbonyl (C=O) groups is 1. The molecule has 158 valence electrons. The van der Waals surface area contributed by atoms with Gasteiger partial charge in [0.2, 0.25) is 0 Å². The number of hydrogen-bond acceptors (Lipinski definition) is 5. The van der Waals surface area contributed by atoms with Crippen molar-refractivity contribution in [2.45, 2.75) is 82.6 Å². The van der Waals surface area contributed by atoms with E-state index in [4.69, 9.17) is 14.2 Å². The number of epoxide rings is 2. The summed E-state index contributed by atoms with van der Waals surface area (Å²) in [6.45, 7) is 8.27. The van der Waals surface area contributed by atoms with E-state index in [2.05, 4.69) is 27.7 Å². The summed E-state index contributed by atoms with van der Waals surface area (Å²) in [7, 11) is 0. The second-order valence-corrected chi connectivity index (χ2v) is 9.54. The van der Waals surface area contributed by atoms with Gasteiger partial charge in [0.05, 0.1) is 23.4 Å². The highest BCUT2D eigenvalue weighted by molar-refractivity contribution is 5.87. The molecule has 0 unspecified atom stereocenters. The molecule has 3 aliphatic rings. The smallest absolute Gasteiger partial charge is 0.331 e. The minimum atomic E-state index is -0.671. The van der Waals surface area contributed by atoms with Crippen molar-refractivity contribution in [2.75, 3.05) is 0 Å². The Bertz CT molecular complexity index is 775. The molecule has 5 heteroatoms. The Balaban J connectivity index is 1.54. The first-order chi connectivity index (χ1) is 13.7. The average molecular weight is 401 g/mol. The maximum atomic E-state index is 12.6. The second kappa shape index (κ2) is 7.53. The standard InChI is InChI=1S/C24H32O5/c1-15(2)20-17(27-19(25)11-10-16-8-6-5-7-9-16)14-24(4)18(28-24)12-13-23(3)22(29-23)21(20)26/h5-11,15,17-18,20-22,26H,12-14H2,1-4H3/t17-,18+,20-,21-,22-,23+,24+/m1/s1. The fourth-order valence-electron chi connectivity index (χ4n) is 4.96. The van der Waals surface area contributed by atoms with Crippen LogP contribution in [-0.4, -0.2) is 46.7 Å². The zero-order chi connectivity index (χ0) is 20.8. The van der Waals surface area contributed by atoms with Crippen LogP contribution in [0.1, 0.15) is 52.5 Å². The fraction of sp³-hybridized carbons (Fsp3) is 0.625. The average Bonchev–Trinajstić information content (AvgIpc) is 3.53. The van der Waals surface area contributed by atoms with E-state index in [-0.39, 0.29) is 35.2 Å². The number of rotatable bonds is 4. The molecule has 7 atom stereocenters. The van der Waals surface area contributed by atoms with Crippen molar-refractivity contribution in [1.82, 2.24) is 0 Å². The maximum absolute atomic E-state index is 12.6. The third-order valence-corrected chi connectivity index (χ3v) is 6.87. The Labute approximate surface area is 173 Å². The normalized spacial score (nSPS) is 41.5. The first kappa shape index (κ1) is 20.6. The fourth-order valence-corrected chi connectivity index (χ4v) is 4.96. The van der Waals surface area contributed by atoms with E-state index in [1.165, 1.54) is 6.08 Å². The number of ether oxygens (including phenoxy) is 3. The van der Waals surface area contributed by atoms with Crippen molar-refractivity contribution in [3.63, 3.8) is 0 Å². The molecule has 1 N–H and O–H groups in total. The number of aliphatic hydroxyl groups is 1. The Morgan fingerprint density at radius 3 is 2.62 bits per heavy atom. The second-order valence-electron chi connectivity index (χ2n) is 9.54. The molecule has 1 aromatic rings. The van der Waals surface area contributed by atoms with Crippen molar-refractivity contribution < 1.29 is 24.1 Å². The predicted molar refractivity (Wildman–Crippen MR) is 110 cm³/mol. The molecule has 5 nitrogen and oxygen atoms in total. The third kappa shape index (κ3) is 4.27. The molecule has 2 aliphatic heterocycles. The number of benzene rings is 1. The van der Waals surface area contributed by atoms with E-state index in [0.29, 0.717) is 6.42 Å². The largest absolute Gasteiger partial charge is 0.459 e. The molecule has 0 aromatic heterocycles. The molecule has 0 spiro atoms. The van der Waals surface area contributed by atoms with Crippen molar-refractivity contribution in [1.29, 1.82) is 0 Å². The van der Waals surface area contributed by atoms with Gasteiger partial charge >= 0.3 is 5.97 Å². The van der Waals surface area contributed by atoms with Crippen LogP contribution >= 0.6 is 0 Å². The molecule has 3 fully saturated rings. The van der Waals surface area contributed by atoms with Gasteiger partial charge in [0, 0.05) is 18.4 Å². The van der Waals surface area contributed by atoms with E-state index >= 15 is 0 Å². The van der Waals surface area contributed by atoms with E-state index in [9.17, 15) is 9.90 Å². The summed E-state index contributed by atoms with van der Waals surface area (Å²) < 4.78 is 17.9. The molecule has 2 saturated heterocycles. The van der Waals surface area contributed by atoms with Crippen molar-refractivity contribution in [3.05, 3.63) is 42.0 Å². The van der Waals surface area contributed by atoms with Crippen LogP contribution in [0.4, 0.5) is 0 Å². The topological polar surface area (TPSA) is 71.6 Å². The number of hydrogen-bond donors (Lipinski definition) is 1. The first-order valence-electron chi connectivity index (χ1n) is 10.7. The zero-order valence-corrected chi connectivity index (χ0v) is 17.7. The number of esters is 1. The molecule has 2 heterocycles. The molecule has 1 aliphatic carbocycles. The molecular weight excluding hydrogens is 368 g/mol. The molecule has 0 amide bonds. The van der Waals surface area contributed by atoms with Crippen LogP contribution in [0.5, 0.6) is 0 Å². The van der Waals surface area contributed by atoms with Gasteiger partial charge in [-0.25, -0.2) is 4.79 Å². The Morgan fingerprint density at radius 2 is 1.93 bits per heavy atom. The molecule has 29 heavy (non-hydrogen) atoms. The van der Waals surface area contributed by atoms with Gasteiger partial charge in [-0.3, -0.25) is 0 Å². The lowest BCUT2D eigenvalue weighted by molar-refractivity contribution is -0.152. The molecule has 4 rings (SSSR count). The van der Waals surface area contributed by atoms with Crippen LogP contribution < -0.4 is 0 Å². The van der Waals surface area contributed by atoms with E-state index in [1.807, 2.05) is 30.3 Å². The summed E-state index contributed by atoms with van der Waals surface area (Å²) in [4.78, 5) is 12.6. The molecular formula is C24H32O5. The van der Waals surface area contributed by atoms with Gasteiger partial charge in [-0.05, 0) is 44.2 Å². The zero-order valence-electron chi connectivity index (χ0n) is 17.7. The number of carbonyl (C=O) groups excluding carboxylic acids is 1. The van der Waals surface area contributed by atoms with Gasteiger partial charge in [0.25, 0.3) is 0 Å². The highest BCUT2D eigenvalue weighted by Gasteiger charge is 2.63. The summed E-state index contributed by atoms with van der Waals surface area (Å²) in [6, 6.07) is 9.65. The number of aliphatic hydroxyl groups excluding tert-OH is 1. The lowest BCUT2D eigenvalue weighted by Gasteiger charge is -2.34. The SMILES string of the molecule is CC(C)[C@H]1[C@@H](O)[C@H]2O[C@@]2(C)CC[C@@H]2O[C@@]2(C)C[C@H]1OC(=O)C=Cc1ccccc1. The van der Waals surface area contributed by atoms with Crippen LogP contribution in [0.3, 0.4) is 0 Å². The van der Waals surface area contributed by atoms with E-state index in [1.54, 1.807) is 6.08 Å². The maximum Gasteiger partial charge on any atom is 0.331 e. The lowest BCUT2D eigenvalue weighted by atomic mass is 9.76. The Morgan fingerprint density at radius 1 is 1.21 bits per heavy atom. The minimum absolute atomic E-state index is 0.134. The lowest BCUT2D eigenvalue weighted by Crippen LogP contribution is -2.45. The summed E-state index contributed by atoms with van der Waals surface area (Å²) in [5.74, 6) is -0.473. The molecule has 0 radical (unpaired) electrons. The van der Waals surface area contributed by atoms with Gasteiger partial charge in [-0.1, -0.05) is 44.2 Å². The van der Waals surface area contributed by atoms with Crippen LogP contribution in [-0.2, 0) is 19.0 Å². The van der Waals surface area contributed by atoms with Crippen LogP contribution in [0.25, 0.3) is 6.08 Å². The third-order valence-electron chi connectivity index (χ3n) is 6.87.